The minimum Gasteiger partial charge on any atom is -0.131 e. The minimum atomic E-state index is 0.0762. The second kappa shape index (κ2) is 34.2. The van der Waals surface area contributed by atoms with Crippen molar-refractivity contribution in [2.45, 2.75) is 269 Å². The van der Waals surface area contributed by atoms with E-state index < -0.39 is 0 Å². The number of hydrogen-bond acceptors (Lipinski definition) is 0. The van der Waals surface area contributed by atoms with Crippen LogP contribution in [-0.2, 0) is 0 Å². The van der Waals surface area contributed by atoms with Crippen LogP contribution in [-0.4, -0.2) is 34.0 Å². The Morgan fingerprint density at radius 3 is 0.612 bits per heavy atom. The van der Waals surface area contributed by atoms with Gasteiger partial charge in [-0.1, -0.05) is 196 Å². The Bertz CT molecular complexity index is 553. The van der Waals surface area contributed by atoms with Crippen molar-refractivity contribution in [3.8, 4) is 0 Å². The molecule has 4 heteroatoms. The van der Waals surface area contributed by atoms with Crippen molar-refractivity contribution >= 4 is 35.6 Å². The summed E-state index contributed by atoms with van der Waals surface area (Å²) in [5.74, 6) is 0. The molecule has 0 spiro atoms. The molecule has 0 aliphatic heterocycles. The van der Waals surface area contributed by atoms with Gasteiger partial charge in [0.15, 0.2) is 0 Å². The molecule has 0 saturated heterocycles. The van der Waals surface area contributed by atoms with E-state index in [1.807, 2.05) is 0 Å². The van der Waals surface area contributed by atoms with E-state index in [0.29, 0.717) is 15.5 Å². The van der Waals surface area contributed by atoms with E-state index in [4.69, 9.17) is 0 Å². The van der Waals surface area contributed by atoms with Gasteiger partial charge in [0.1, 0.15) is 0 Å². The Balaban J connectivity index is 5.94. The molecule has 0 bridgehead atoms. The van der Waals surface area contributed by atoms with E-state index in [1.54, 1.807) is 0 Å². The molecule has 49 heavy (non-hydrogen) atoms. The highest BCUT2D eigenvalue weighted by molar-refractivity contribution is 7.57. The molecule has 0 aromatic carbocycles. The van der Waals surface area contributed by atoms with Gasteiger partial charge >= 0.3 is 0 Å². The molecule has 296 valence electrons. The predicted octanol–water partition coefficient (Wildman–Crippen LogP) is 17.3. The molecule has 3 atom stereocenters. The lowest BCUT2D eigenvalue weighted by molar-refractivity contribution is 0.430. The molecule has 0 saturated carbocycles. The van der Waals surface area contributed by atoms with E-state index in [-0.39, 0.29) is 7.92 Å². The van der Waals surface area contributed by atoms with Crippen LogP contribution in [0.15, 0.2) is 0 Å². The van der Waals surface area contributed by atoms with E-state index in [2.05, 4.69) is 69.3 Å². The minimum absolute atomic E-state index is 0.0762. The standard InChI is InChI=1S/C45H96P4/c1-7-13-19-25-31-43(46,32-26-20-14-8-2)37-40-49(41-38-44(47,33-27-21-15-9-3)34-28-22-16-10-4)42-39-45(48,35-29-23-17-11-5)36-30-24-18-12-6/h7-42,46-48H2,1-6H3. The fourth-order valence-electron chi connectivity index (χ4n) is 8.03. The van der Waals surface area contributed by atoms with E-state index in [0.717, 1.165) is 0 Å². The quantitative estimate of drug-likeness (QED) is 0.0432. The summed E-state index contributed by atoms with van der Waals surface area (Å²) in [6.07, 6.45) is 51.6. The van der Waals surface area contributed by atoms with Crippen molar-refractivity contribution in [1.29, 1.82) is 0 Å². The molecule has 0 rings (SSSR count). The van der Waals surface area contributed by atoms with Crippen LogP contribution < -0.4 is 0 Å². The third kappa shape index (κ3) is 29.7. The van der Waals surface area contributed by atoms with Gasteiger partial charge in [0, 0.05) is 0 Å². The average Bonchev–Trinajstić information content (AvgIpc) is 3.09. The number of rotatable bonds is 39. The van der Waals surface area contributed by atoms with Crippen LogP contribution in [0.5, 0.6) is 0 Å². The SMILES string of the molecule is CCCCCCC(P)(CCCCCC)CCP(CCC(P)(CCCCCC)CCCCCC)CCC(P)(CCCCCC)CCCCCC. The van der Waals surface area contributed by atoms with Gasteiger partial charge < -0.3 is 0 Å². The Kier molecular flexibility index (Phi) is 35.4. The lowest BCUT2D eigenvalue weighted by Gasteiger charge is -2.36. The normalized spacial score (nSPS) is 12.9. The number of hydrogen-bond donors (Lipinski definition) is 0. The van der Waals surface area contributed by atoms with Gasteiger partial charge in [-0.3, -0.25) is 0 Å². The van der Waals surface area contributed by atoms with Crippen molar-refractivity contribution in [2.75, 3.05) is 18.5 Å². The molecule has 0 aromatic rings. The van der Waals surface area contributed by atoms with Crippen LogP contribution in [0.4, 0.5) is 0 Å². The average molecular weight is 761 g/mol. The maximum Gasteiger partial charge on any atom is -0.0147 e. The van der Waals surface area contributed by atoms with Gasteiger partial charge in [-0.15, -0.1) is 35.6 Å². The molecule has 0 radical (unpaired) electrons. The van der Waals surface area contributed by atoms with E-state index in [1.165, 1.54) is 230 Å². The van der Waals surface area contributed by atoms with Gasteiger partial charge in [0.25, 0.3) is 0 Å². The zero-order valence-corrected chi connectivity index (χ0v) is 39.5. The largest absolute Gasteiger partial charge is 0.131 e. The molecule has 0 heterocycles. The molecule has 0 nitrogen and oxygen atoms in total. The monoisotopic (exact) mass is 761 g/mol. The molecule has 0 N–H and O–H groups in total. The highest BCUT2D eigenvalue weighted by Gasteiger charge is 2.30. The lowest BCUT2D eigenvalue weighted by atomic mass is 9.91. The van der Waals surface area contributed by atoms with Crippen LogP contribution in [0.1, 0.15) is 253 Å². The summed E-state index contributed by atoms with van der Waals surface area (Å²) < 4.78 is 0. The maximum atomic E-state index is 3.51. The van der Waals surface area contributed by atoms with Crippen LogP contribution in [0.3, 0.4) is 0 Å². The van der Waals surface area contributed by atoms with Crippen LogP contribution in [0.25, 0.3) is 0 Å². The van der Waals surface area contributed by atoms with E-state index in [9.17, 15) is 0 Å². The fraction of sp³-hybridized carbons (Fsp3) is 1.00. The Hall–Kier alpha value is 1.72. The molecule has 3 unspecified atom stereocenters. The van der Waals surface area contributed by atoms with Crippen molar-refractivity contribution in [3.05, 3.63) is 0 Å². The van der Waals surface area contributed by atoms with Gasteiger partial charge in [0.05, 0.1) is 0 Å². The summed E-state index contributed by atoms with van der Waals surface area (Å²) in [5.41, 5.74) is 0. The molecule has 0 fully saturated rings. The first-order valence-electron chi connectivity index (χ1n) is 22.7. The Labute approximate surface area is 321 Å². The van der Waals surface area contributed by atoms with Gasteiger partial charge in [-0.25, -0.2) is 0 Å². The highest BCUT2D eigenvalue weighted by Crippen LogP contribution is 2.49. The maximum absolute atomic E-state index is 3.51. The third-order valence-corrected chi connectivity index (χ3v) is 17.1. The highest BCUT2D eigenvalue weighted by atomic mass is 31.1. The smallest absolute Gasteiger partial charge is 0.0147 e. The summed E-state index contributed by atoms with van der Waals surface area (Å²) in [6, 6.07) is 0. The predicted molar refractivity (Wildman–Crippen MR) is 245 cm³/mol. The molecule has 0 aromatic heterocycles. The number of unbranched alkanes of at least 4 members (excludes halogenated alkanes) is 18. The van der Waals surface area contributed by atoms with Crippen LogP contribution >= 0.6 is 35.6 Å². The van der Waals surface area contributed by atoms with Gasteiger partial charge in [-0.05, 0) is 91.7 Å². The molecule has 0 aliphatic rings. The third-order valence-electron chi connectivity index (χ3n) is 11.9. The first-order chi connectivity index (χ1) is 23.6. The second-order valence-corrected chi connectivity index (χ2v) is 23.4. The lowest BCUT2D eigenvalue weighted by Crippen LogP contribution is -2.26. The summed E-state index contributed by atoms with van der Waals surface area (Å²) in [5, 5.41) is 1.45. The summed E-state index contributed by atoms with van der Waals surface area (Å²) in [6.45, 7) is 14.2. The van der Waals surface area contributed by atoms with Crippen molar-refractivity contribution < 1.29 is 0 Å². The van der Waals surface area contributed by atoms with Gasteiger partial charge in [-0.2, -0.15) is 0 Å². The molecular weight excluding hydrogens is 664 g/mol. The first-order valence-corrected chi connectivity index (χ1v) is 26.4. The van der Waals surface area contributed by atoms with Crippen molar-refractivity contribution in [2.24, 2.45) is 0 Å². The zero-order valence-electron chi connectivity index (χ0n) is 35.1. The molecule has 0 aliphatic carbocycles. The van der Waals surface area contributed by atoms with Crippen LogP contribution in [0.2, 0.25) is 0 Å². The summed E-state index contributed by atoms with van der Waals surface area (Å²) in [7, 11) is 10.6. The zero-order chi connectivity index (χ0) is 36.5. The van der Waals surface area contributed by atoms with Crippen molar-refractivity contribution in [3.63, 3.8) is 0 Å². The Morgan fingerprint density at radius 1 is 0.265 bits per heavy atom. The van der Waals surface area contributed by atoms with E-state index >= 15 is 0 Å². The van der Waals surface area contributed by atoms with Gasteiger partial charge in [0.2, 0.25) is 0 Å². The fourth-order valence-corrected chi connectivity index (χ4v) is 13.4. The topological polar surface area (TPSA) is 0 Å². The molecule has 0 amide bonds. The van der Waals surface area contributed by atoms with Crippen molar-refractivity contribution in [1.82, 2.24) is 0 Å². The second-order valence-electron chi connectivity index (χ2n) is 17.0. The first kappa shape index (κ1) is 50.7. The molecular formula is C45H96P4. The van der Waals surface area contributed by atoms with Crippen LogP contribution in [0, 0.1) is 0 Å². The summed E-state index contributed by atoms with van der Waals surface area (Å²) in [4.78, 5) is 0. The summed E-state index contributed by atoms with van der Waals surface area (Å²) >= 11 is 0. The Morgan fingerprint density at radius 2 is 0.449 bits per heavy atom.